The third-order valence-electron chi connectivity index (χ3n) is 4.78. The van der Waals surface area contributed by atoms with Crippen LogP contribution in [-0.2, 0) is 16.0 Å². The highest BCUT2D eigenvalue weighted by Crippen LogP contribution is 2.23. The highest BCUT2D eigenvalue weighted by molar-refractivity contribution is 5.79. The van der Waals surface area contributed by atoms with E-state index in [2.05, 4.69) is 10.1 Å². The molecular weight excluding hydrogens is 357 g/mol. The average molecular weight is 377 g/mol. The quantitative estimate of drug-likeness (QED) is 0.812. The predicted octanol–water partition coefficient (Wildman–Crippen LogP) is 1.55. The molecule has 1 saturated heterocycles. The monoisotopic (exact) mass is 377 g/mol. The summed E-state index contributed by atoms with van der Waals surface area (Å²) in [4.78, 5) is 29.0. The van der Waals surface area contributed by atoms with Crippen LogP contribution in [0, 0.1) is 12.7 Å². The Morgan fingerprint density at radius 2 is 2.04 bits per heavy atom. The van der Waals surface area contributed by atoms with E-state index < -0.39 is 11.6 Å². The van der Waals surface area contributed by atoms with Crippen molar-refractivity contribution in [2.75, 3.05) is 13.1 Å². The van der Waals surface area contributed by atoms with Gasteiger partial charge in [0, 0.05) is 44.3 Å². The lowest BCUT2D eigenvalue weighted by atomic mass is 9.91. The summed E-state index contributed by atoms with van der Waals surface area (Å²) in [6.45, 7) is 2.01. The maximum Gasteiger partial charge on any atom is 0.335 e. The number of aliphatic carboxylic acids is 1. The lowest BCUT2D eigenvalue weighted by molar-refractivity contribution is -0.165. The second-order valence-corrected chi connectivity index (χ2v) is 6.69. The van der Waals surface area contributed by atoms with Gasteiger partial charge in [-0.25, -0.2) is 9.18 Å². The van der Waals surface area contributed by atoms with Crippen molar-refractivity contribution >= 4 is 11.9 Å². The Hall–Kier alpha value is -2.81. The highest BCUT2D eigenvalue weighted by Gasteiger charge is 2.40. The van der Waals surface area contributed by atoms with Crippen molar-refractivity contribution in [3.05, 3.63) is 35.5 Å². The first-order valence-electron chi connectivity index (χ1n) is 8.61. The second-order valence-electron chi connectivity index (χ2n) is 6.69. The summed E-state index contributed by atoms with van der Waals surface area (Å²) >= 11 is 0. The molecule has 2 aromatic rings. The molecule has 0 atom stereocenters. The first kappa shape index (κ1) is 19.0. The van der Waals surface area contributed by atoms with E-state index >= 15 is 0 Å². The molecular formula is C18H20FN3O5. The van der Waals surface area contributed by atoms with E-state index in [1.54, 1.807) is 19.1 Å². The molecule has 3 rings (SSSR count). The van der Waals surface area contributed by atoms with Crippen LogP contribution in [0.3, 0.4) is 0 Å². The number of benzene rings is 1. The van der Waals surface area contributed by atoms with Gasteiger partial charge in [-0.05, 0) is 30.7 Å². The maximum absolute atomic E-state index is 13.3. The standard InChI is InChI=1S/C18H20FN3O5/c1-11-10-12(2-3-13(11)19)16-20-14(27-21-16)4-5-15(23)22-8-6-18(26,7-9-22)17(24)25/h2-3,10,26H,4-9H2,1H3,(H,24,25). The number of rotatable bonds is 5. The fourth-order valence-electron chi connectivity index (χ4n) is 2.97. The van der Waals surface area contributed by atoms with Crippen molar-refractivity contribution in [1.29, 1.82) is 0 Å². The third kappa shape index (κ3) is 4.13. The number of aliphatic hydroxyl groups is 1. The zero-order chi connectivity index (χ0) is 19.6. The molecule has 0 spiro atoms. The summed E-state index contributed by atoms with van der Waals surface area (Å²) in [7, 11) is 0. The van der Waals surface area contributed by atoms with Crippen molar-refractivity contribution < 1.29 is 28.7 Å². The number of hydrogen-bond donors (Lipinski definition) is 2. The van der Waals surface area contributed by atoms with Gasteiger partial charge < -0.3 is 19.6 Å². The van der Waals surface area contributed by atoms with Gasteiger partial charge in [-0.3, -0.25) is 4.79 Å². The number of nitrogens with zero attached hydrogens (tertiary/aromatic N) is 3. The zero-order valence-electron chi connectivity index (χ0n) is 14.8. The molecule has 1 aromatic carbocycles. The lowest BCUT2D eigenvalue weighted by Gasteiger charge is -2.35. The minimum Gasteiger partial charge on any atom is -0.479 e. The SMILES string of the molecule is Cc1cc(-c2noc(CCC(=O)N3CCC(O)(C(=O)O)CC3)n2)ccc1F. The Balaban J connectivity index is 1.55. The first-order valence-corrected chi connectivity index (χ1v) is 8.61. The average Bonchev–Trinajstić information content (AvgIpc) is 3.11. The van der Waals surface area contributed by atoms with E-state index in [4.69, 9.17) is 9.63 Å². The number of carbonyl (C=O) groups is 2. The lowest BCUT2D eigenvalue weighted by Crippen LogP contribution is -2.50. The summed E-state index contributed by atoms with van der Waals surface area (Å²) in [5.41, 5.74) is -0.662. The van der Waals surface area contributed by atoms with Crippen LogP contribution in [0.25, 0.3) is 11.4 Å². The summed E-state index contributed by atoms with van der Waals surface area (Å²) < 4.78 is 18.5. The normalized spacial score (nSPS) is 16.3. The van der Waals surface area contributed by atoms with Crippen LogP contribution in [0.5, 0.6) is 0 Å². The molecule has 1 aliphatic heterocycles. The molecule has 144 valence electrons. The molecule has 2 heterocycles. The minimum atomic E-state index is -1.76. The van der Waals surface area contributed by atoms with Crippen molar-refractivity contribution in [3.63, 3.8) is 0 Å². The maximum atomic E-state index is 13.3. The van der Waals surface area contributed by atoms with E-state index in [1.807, 2.05) is 0 Å². The van der Waals surface area contributed by atoms with Crippen LogP contribution in [0.4, 0.5) is 4.39 Å². The number of halogens is 1. The van der Waals surface area contributed by atoms with E-state index in [0.717, 1.165) is 0 Å². The van der Waals surface area contributed by atoms with Gasteiger partial charge in [-0.1, -0.05) is 5.16 Å². The second kappa shape index (κ2) is 7.43. The molecule has 1 aromatic heterocycles. The minimum absolute atomic E-state index is 0.00268. The summed E-state index contributed by atoms with van der Waals surface area (Å²) in [5, 5.41) is 22.8. The Morgan fingerprint density at radius 3 is 2.67 bits per heavy atom. The Bertz CT molecular complexity index is 858. The summed E-state index contributed by atoms with van der Waals surface area (Å²) in [6.07, 6.45) is 0.382. The number of carboxylic acid groups (broad SMARTS) is 1. The van der Waals surface area contributed by atoms with E-state index in [0.29, 0.717) is 22.8 Å². The van der Waals surface area contributed by atoms with Gasteiger partial charge in [0.2, 0.25) is 17.6 Å². The van der Waals surface area contributed by atoms with Crippen LogP contribution in [-0.4, -0.2) is 55.8 Å². The summed E-state index contributed by atoms with van der Waals surface area (Å²) in [6, 6.07) is 4.50. The number of carbonyl (C=O) groups excluding carboxylic acids is 1. The fourth-order valence-corrected chi connectivity index (χ4v) is 2.97. The number of piperidine rings is 1. The molecule has 1 amide bonds. The number of carboxylic acids is 1. The molecule has 0 unspecified atom stereocenters. The number of amides is 1. The Kier molecular flexibility index (Phi) is 5.22. The molecule has 1 fully saturated rings. The van der Waals surface area contributed by atoms with Gasteiger partial charge in [-0.2, -0.15) is 4.98 Å². The van der Waals surface area contributed by atoms with Gasteiger partial charge in [-0.15, -0.1) is 0 Å². The predicted molar refractivity (Wildman–Crippen MR) is 91.1 cm³/mol. The number of aromatic nitrogens is 2. The Labute approximate surface area is 154 Å². The molecule has 0 aliphatic carbocycles. The van der Waals surface area contributed by atoms with Gasteiger partial charge in [0.15, 0.2) is 5.60 Å². The molecule has 8 nitrogen and oxygen atoms in total. The van der Waals surface area contributed by atoms with Gasteiger partial charge >= 0.3 is 5.97 Å². The van der Waals surface area contributed by atoms with E-state index in [-0.39, 0.29) is 50.5 Å². The van der Waals surface area contributed by atoms with Crippen molar-refractivity contribution in [2.45, 2.75) is 38.2 Å². The van der Waals surface area contributed by atoms with Crippen LogP contribution < -0.4 is 0 Å². The zero-order valence-corrected chi connectivity index (χ0v) is 14.8. The smallest absolute Gasteiger partial charge is 0.335 e. The highest BCUT2D eigenvalue weighted by atomic mass is 19.1. The van der Waals surface area contributed by atoms with Gasteiger partial charge in [0.1, 0.15) is 5.82 Å². The number of aryl methyl sites for hydroxylation is 2. The van der Waals surface area contributed by atoms with Crippen LogP contribution in [0.2, 0.25) is 0 Å². The van der Waals surface area contributed by atoms with E-state index in [9.17, 15) is 19.1 Å². The number of likely N-dealkylation sites (tertiary alicyclic amines) is 1. The molecule has 1 aliphatic rings. The van der Waals surface area contributed by atoms with Crippen LogP contribution >= 0.6 is 0 Å². The number of hydrogen-bond acceptors (Lipinski definition) is 6. The van der Waals surface area contributed by atoms with Crippen LogP contribution in [0.1, 0.15) is 30.7 Å². The van der Waals surface area contributed by atoms with E-state index in [1.165, 1.54) is 11.0 Å². The largest absolute Gasteiger partial charge is 0.479 e. The molecule has 0 radical (unpaired) electrons. The third-order valence-corrected chi connectivity index (χ3v) is 4.78. The Morgan fingerprint density at radius 1 is 1.33 bits per heavy atom. The first-order chi connectivity index (χ1) is 12.8. The van der Waals surface area contributed by atoms with Crippen molar-refractivity contribution in [2.24, 2.45) is 0 Å². The molecule has 0 saturated carbocycles. The summed E-state index contributed by atoms with van der Waals surface area (Å²) in [5.74, 6) is -1.13. The molecule has 9 heteroatoms. The molecule has 27 heavy (non-hydrogen) atoms. The van der Waals surface area contributed by atoms with Crippen LogP contribution in [0.15, 0.2) is 22.7 Å². The fraction of sp³-hybridized carbons (Fsp3) is 0.444. The molecule has 0 bridgehead atoms. The topological polar surface area (TPSA) is 117 Å². The van der Waals surface area contributed by atoms with Gasteiger partial charge in [0.25, 0.3) is 0 Å². The van der Waals surface area contributed by atoms with Gasteiger partial charge in [0.05, 0.1) is 0 Å². The van der Waals surface area contributed by atoms with Crippen molar-refractivity contribution in [1.82, 2.24) is 15.0 Å². The molecule has 2 N–H and O–H groups in total. The van der Waals surface area contributed by atoms with Crippen molar-refractivity contribution in [3.8, 4) is 11.4 Å².